The first kappa shape index (κ1) is 23.1. The van der Waals surface area contributed by atoms with Crippen LogP contribution in [-0.4, -0.2) is 23.1 Å². The molecule has 0 aliphatic heterocycles. The summed E-state index contributed by atoms with van der Waals surface area (Å²) in [5.74, 6) is 0.630. The summed E-state index contributed by atoms with van der Waals surface area (Å²) in [6.07, 6.45) is 12.3. The van der Waals surface area contributed by atoms with Crippen LogP contribution in [0.2, 0.25) is 0 Å². The van der Waals surface area contributed by atoms with Crippen molar-refractivity contribution in [2.75, 3.05) is 6.61 Å². The predicted octanol–water partition coefficient (Wildman–Crippen LogP) is 3.70. The SMILES string of the molecule is C1CCCC1.OCC1CCCC1/C=N/O.[CH3-].[CH3-].[Fe+2]. The van der Waals surface area contributed by atoms with Crippen LogP contribution in [0.4, 0.5) is 0 Å². The molecule has 0 aromatic carbocycles. The van der Waals surface area contributed by atoms with Gasteiger partial charge in [0.1, 0.15) is 0 Å². The maximum atomic E-state index is 8.82. The van der Waals surface area contributed by atoms with E-state index in [4.69, 9.17) is 10.3 Å². The van der Waals surface area contributed by atoms with Gasteiger partial charge in [0.2, 0.25) is 0 Å². The van der Waals surface area contributed by atoms with E-state index in [9.17, 15) is 0 Å². The van der Waals surface area contributed by atoms with Gasteiger partial charge in [-0.25, -0.2) is 0 Å². The monoisotopic (exact) mass is 299 g/mol. The van der Waals surface area contributed by atoms with Crippen molar-refractivity contribution >= 4 is 6.21 Å². The summed E-state index contributed by atoms with van der Waals surface area (Å²) in [6.45, 7) is 0.219. The summed E-state index contributed by atoms with van der Waals surface area (Å²) in [5, 5.41) is 20.0. The summed E-state index contributed by atoms with van der Waals surface area (Å²) in [5.41, 5.74) is 0. The third kappa shape index (κ3) is 8.96. The molecule has 2 aliphatic carbocycles. The molecule has 0 spiro atoms. The van der Waals surface area contributed by atoms with Gasteiger partial charge in [0, 0.05) is 18.7 Å². The minimum atomic E-state index is 0. The zero-order chi connectivity index (χ0) is 10.9. The smallest absolute Gasteiger partial charge is 0.411 e. The van der Waals surface area contributed by atoms with Gasteiger partial charge in [-0.2, -0.15) is 0 Å². The van der Waals surface area contributed by atoms with Crippen molar-refractivity contribution in [1.29, 1.82) is 0 Å². The number of aliphatic hydroxyl groups is 1. The Kier molecular flexibility index (Phi) is 19.2. The zero-order valence-electron chi connectivity index (χ0n) is 11.8. The Balaban J connectivity index is -0.000000245. The average molecular weight is 299 g/mol. The molecule has 3 nitrogen and oxygen atoms in total. The second-order valence-electron chi connectivity index (χ2n) is 4.57. The van der Waals surface area contributed by atoms with E-state index in [-0.39, 0.29) is 38.5 Å². The molecule has 2 N–H and O–H groups in total. The number of hydrogen-bond donors (Lipinski definition) is 2. The molecule has 2 fully saturated rings. The predicted molar refractivity (Wildman–Crippen MR) is 74.1 cm³/mol. The van der Waals surface area contributed by atoms with Crippen LogP contribution in [-0.2, 0) is 17.1 Å². The molecule has 0 heterocycles. The van der Waals surface area contributed by atoms with Gasteiger partial charge in [-0.15, -0.1) is 5.16 Å². The van der Waals surface area contributed by atoms with E-state index in [0.717, 1.165) is 19.3 Å². The molecule has 0 amide bonds. The van der Waals surface area contributed by atoms with Crippen molar-refractivity contribution < 1.29 is 27.4 Å². The van der Waals surface area contributed by atoms with Gasteiger partial charge in [-0.1, -0.05) is 38.5 Å². The Morgan fingerprint density at radius 1 is 0.944 bits per heavy atom. The number of nitrogens with zero attached hydrogens (tertiary/aromatic N) is 1. The zero-order valence-corrected chi connectivity index (χ0v) is 12.9. The van der Waals surface area contributed by atoms with E-state index >= 15 is 0 Å². The van der Waals surface area contributed by atoms with Crippen molar-refractivity contribution in [2.45, 2.75) is 51.4 Å². The van der Waals surface area contributed by atoms with Gasteiger partial charge in [-0.05, 0) is 18.8 Å². The maximum Gasteiger partial charge on any atom is 2.00 e. The molecule has 2 unspecified atom stereocenters. The van der Waals surface area contributed by atoms with Crippen LogP contribution in [0, 0.1) is 26.7 Å². The molecule has 4 heteroatoms. The minimum absolute atomic E-state index is 0. The van der Waals surface area contributed by atoms with Crippen LogP contribution < -0.4 is 0 Å². The van der Waals surface area contributed by atoms with Gasteiger partial charge < -0.3 is 25.2 Å². The van der Waals surface area contributed by atoms with Crippen molar-refractivity contribution in [3.8, 4) is 0 Å². The largest absolute Gasteiger partial charge is 2.00 e. The van der Waals surface area contributed by atoms with E-state index < -0.39 is 0 Å². The molecule has 110 valence electrons. The first-order valence-corrected chi connectivity index (χ1v) is 6.17. The van der Waals surface area contributed by atoms with Gasteiger partial charge in [0.05, 0.1) is 0 Å². The summed E-state index contributed by atoms with van der Waals surface area (Å²) in [7, 11) is 0. The third-order valence-electron chi connectivity index (χ3n) is 3.46. The molecule has 2 saturated carbocycles. The summed E-state index contributed by atoms with van der Waals surface area (Å²) in [4.78, 5) is 0. The standard InChI is InChI=1S/C7H13NO2.C5H10.2CH3.Fe/c9-5-7-3-1-2-6(7)4-8-10;1-2-4-5-3-1;;;/h4,6-7,9-10H,1-3,5H2;1-5H2;2*1H3;/q;;2*-1;+2/b8-4+;;;;. The molecule has 0 aromatic rings. The molecule has 0 aromatic heterocycles. The van der Waals surface area contributed by atoms with E-state index in [0.29, 0.717) is 11.8 Å². The Morgan fingerprint density at radius 2 is 1.44 bits per heavy atom. The molecule has 0 radical (unpaired) electrons. The summed E-state index contributed by atoms with van der Waals surface area (Å²) < 4.78 is 0. The van der Waals surface area contributed by atoms with Crippen molar-refractivity contribution in [3.05, 3.63) is 14.9 Å². The van der Waals surface area contributed by atoms with E-state index in [2.05, 4.69) is 5.16 Å². The van der Waals surface area contributed by atoms with Gasteiger partial charge in [0.15, 0.2) is 0 Å². The Morgan fingerprint density at radius 3 is 1.83 bits per heavy atom. The van der Waals surface area contributed by atoms with Crippen LogP contribution in [0.15, 0.2) is 5.16 Å². The molecule has 2 atom stereocenters. The first-order chi connectivity index (χ1) is 7.38. The van der Waals surface area contributed by atoms with Crippen LogP contribution in [0.5, 0.6) is 0 Å². The van der Waals surface area contributed by atoms with Crippen LogP contribution in [0.25, 0.3) is 0 Å². The van der Waals surface area contributed by atoms with E-state index in [1.807, 2.05) is 0 Å². The fourth-order valence-electron chi connectivity index (χ4n) is 2.46. The Bertz CT molecular complexity index is 177. The first-order valence-electron chi connectivity index (χ1n) is 6.17. The number of rotatable bonds is 2. The van der Waals surface area contributed by atoms with Crippen LogP contribution in [0.1, 0.15) is 51.4 Å². The average Bonchev–Trinajstić information content (AvgIpc) is 2.92. The van der Waals surface area contributed by atoms with Gasteiger partial charge >= 0.3 is 17.1 Å². The maximum absolute atomic E-state index is 8.82. The topological polar surface area (TPSA) is 52.8 Å². The fraction of sp³-hybridized carbons (Fsp3) is 0.786. The number of aliphatic hydroxyl groups excluding tert-OH is 1. The van der Waals surface area contributed by atoms with Crippen LogP contribution >= 0.6 is 0 Å². The Hall–Kier alpha value is -0.0505. The van der Waals surface area contributed by atoms with Gasteiger partial charge in [-0.3, -0.25) is 0 Å². The Labute approximate surface area is 124 Å². The second kappa shape index (κ2) is 15.0. The molecular formula is C14H29FeNO2. The molecule has 0 bridgehead atoms. The van der Waals surface area contributed by atoms with Gasteiger partial charge in [0.25, 0.3) is 0 Å². The van der Waals surface area contributed by atoms with Crippen molar-refractivity contribution in [1.82, 2.24) is 0 Å². The fourth-order valence-corrected chi connectivity index (χ4v) is 2.46. The third-order valence-corrected chi connectivity index (χ3v) is 3.46. The molecule has 2 aliphatic rings. The molecule has 2 rings (SSSR count). The van der Waals surface area contributed by atoms with E-state index in [1.165, 1.54) is 38.3 Å². The minimum Gasteiger partial charge on any atom is -0.411 e. The summed E-state index contributed by atoms with van der Waals surface area (Å²) >= 11 is 0. The quantitative estimate of drug-likeness (QED) is 0.268. The molecular weight excluding hydrogens is 270 g/mol. The number of oxime groups is 1. The normalized spacial score (nSPS) is 25.4. The molecule has 18 heavy (non-hydrogen) atoms. The number of hydrogen-bond acceptors (Lipinski definition) is 3. The second-order valence-corrected chi connectivity index (χ2v) is 4.57. The molecule has 0 saturated heterocycles. The summed E-state index contributed by atoms with van der Waals surface area (Å²) in [6, 6.07) is 0. The van der Waals surface area contributed by atoms with Crippen LogP contribution in [0.3, 0.4) is 0 Å². The van der Waals surface area contributed by atoms with Crippen molar-refractivity contribution in [3.63, 3.8) is 0 Å². The van der Waals surface area contributed by atoms with E-state index in [1.54, 1.807) is 0 Å². The van der Waals surface area contributed by atoms with Crippen molar-refractivity contribution in [2.24, 2.45) is 17.0 Å².